The normalized spacial score (nSPS) is 26.6. The van der Waals surface area contributed by atoms with Gasteiger partial charge < -0.3 is 128 Å². The van der Waals surface area contributed by atoms with Crippen LogP contribution in [-0.4, -0.2) is 159 Å². The molecule has 0 aliphatic carbocycles. The van der Waals surface area contributed by atoms with Gasteiger partial charge in [0.05, 0.1) is 87.0 Å². The highest BCUT2D eigenvalue weighted by atomic mass is 31.2. The number of nitrogens with one attached hydrogen (secondary N) is 2. The van der Waals surface area contributed by atoms with Crippen molar-refractivity contribution < 1.29 is 115 Å². The summed E-state index contributed by atoms with van der Waals surface area (Å²) in [5, 5.41) is 39.3. The average Bonchev–Trinajstić information content (AvgIpc) is 2.69. The Morgan fingerprint density at radius 2 is 1.01 bits per heavy atom. The summed E-state index contributed by atoms with van der Waals surface area (Å²) in [6, 6.07) is 1.38. The number of aliphatic hydroxyl groups is 4. The van der Waals surface area contributed by atoms with E-state index in [0.29, 0.717) is 11.2 Å². The van der Waals surface area contributed by atoms with Crippen molar-refractivity contribution in [2.45, 2.75) is 106 Å². The van der Waals surface area contributed by atoms with E-state index >= 15 is 0 Å². The third kappa shape index (κ3) is 18.3. The number of anilines is 3. The highest BCUT2D eigenvalue weighted by molar-refractivity contribution is 7.44. The molecule has 4 aliphatic rings. The number of hydrogen-bond donors (Lipinski definition) is 10. The lowest BCUT2D eigenvalue weighted by atomic mass is 10.2. The van der Waals surface area contributed by atoms with Crippen molar-refractivity contribution >= 4 is 71.2 Å². The summed E-state index contributed by atoms with van der Waals surface area (Å²) in [4.78, 5) is 156. The Balaban J connectivity index is 0.000000164. The smallest absolute Gasteiger partial charge is 0.351 e. The van der Waals surface area contributed by atoms with Crippen LogP contribution in [0.4, 0.5) is 17.6 Å². The van der Waals surface area contributed by atoms with E-state index in [1.807, 2.05) is 0 Å². The second-order valence-electron chi connectivity index (χ2n) is 18.6. The third-order valence-electron chi connectivity index (χ3n) is 12.5. The van der Waals surface area contributed by atoms with E-state index in [4.69, 9.17) is 41.0 Å². The second kappa shape index (κ2) is 27.6. The lowest BCUT2D eigenvalue weighted by Gasteiger charge is -2.30. The van der Waals surface area contributed by atoms with E-state index in [1.165, 1.54) is 48.9 Å². The summed E-state index contributed by atoms with van der Waals surface area (Å²) in [6.07, 6.45) is -4.46. The molecule has 0 aromatic carbocycles. The monoisotopic (exact) mass is 1300 g/mol. The zero-order chi connectivity index (χ0) is 63.4. The number of fused-ring (bicyclic) bond motifs is 2. The highest BCUT2D eigenvalue weighted by Gasteiger charge is 2.40. The molecule has 0 amide bonds. The van der Waals surface area contributed by atoms with E-state index in [2.05, 4.69) is 58.0 Å². The van der Waals surface area contributed by atoms with Crippen LogP contribution in [0.15, 0.2) is 56.6 Å². The Hall–Kier alpha value is -6.02. The molecule has 13 N–H and O–H groups in total. The first-order valence-corrected chi connectivity index (χ1v) is 30.2. The van der Waals surface area contributed by atoms with Gasteiger partial charge in [-0.25, -0.2) is 29.5 Å². The molecule has 0 radical (unpaired) electrons. The van der Waals surface area contributed by atoms with Gasteiger partial charge in [0.15, 0.2) is 22.6 Å². The SMILES string of the molecule is Cc1cn([C@H]2C[C@@H](O)[C@@H](COP(=O)([O-])[O-])O2)c(=O)[nH]c1=O.Nc1ccn([C@H]2C[C@@H](O)[C@@H](COP(=O)([O-])[O-])O2)c(=O)n1.Nc1nc2c(ncn2[C@H]2C[C@@H](O)[C@@H](COP(=O)([O-])[O-])O2)c(=O)[nH]1.Nc1ncnc2c1ncn2[C@H]1C[C@@H](O)[C@@H](COP(=O)([O-])O)O1. The maximum atomic E-state index is 11.7. The molecule has 0 saturated carbocycles. The fourth-order valence-corrected chi connectivity index (χ4v) is 9.81. The van der Waals surface area contributed by atoms with Crippen molar-refractivity contribution in [2.24, 2.45) is 0 Å². The van der Waals surface area contributed by atoms with Crippen LogP contribution in [0.25, 0.3) is 22.3 Å². The molecule has 47 heteroatoms. The number of hydrogen-bond acceptors (Lipinski definition) is 36. The van der Waals surface area contributed by atoms with Crippen molar-refractivity contribution in [2.75, 3.05) is 43.6 Å². The Morgan fingerprint density at radius 1 is 0.581 bits per heavy atom. The highest BCUT2D eigenvalue weighted by Crippen LogP contribution is 2.38. The number of nitrogens with two attached hydrogens (primary N) is 3. The molecular weight excluding hydrogens is 1250 g/mol. The number of nitrogen functional groups attached to an aromatic ring is 3. The van der Waals surface area contributed by atoms with Crippen molar-refractivity contribution in [3.8, 4) is 0 Å². The zero-order valence-corrected chi connectivity index (χ0v) is 47.2. The third-order valence-corrected chi connectivity index (χ3v) is 14.4. The Kier molecular flexibility index (Phi) is 21.6. The molecular formula is C39H50N15O28P4-7. The predicted octanol–water partition coefficient (Wildman–Crippen LogP) is -9.61. The zero-order valence-electron chi connectivity index (χ0n) is 43.7. The van der Waals surface area contributed by atoms with Crippen molar-refractivity contribution in [3.63, 3.8) is 0 Å². The molecule has 6 aromatic rings. The van der Waals surface area contributed by atoms with Gasteiger partial charge in [0.2, 0.25) is 5.95 Å². The van der Waals surface area contributed by atoms with Gasteiger partial charge in [-0.15, -0.1) is 0 Å². The van der Waals surface area contributed by atoms with Crippen LogP contribution >= 0.6 is 31.3 Å². The predicted molar refractivity (Wildman–Crippen MR) is 266 cm³/mol. The molecule has 10 rings (SSSR count). The minimum absolute atomic E-state index is 0.0125. The Morgan fingerprint density at radius 3 is 1.47 bits per heavy atom. The van der Waals surface area contributed by atoms with Crippen LogP contribution in [0, 0.1) is 6.92 Å². The van der Waals surface area contributed by atoms with E-state index < -0.39 is 154 Å². The van der Waals surface area contributed by atoms with Gasteiger partial charge in [-0.2, -0.15) is 9.97 Å². The molecule has 4 saturated heterocycles. The molecule has 1 unspecified atom stereocenters. The minimum atomic E-state index is -5.17. The summed E-state index contributed by atoms with van der Waals surface area (Å²) < 4.78 is 85.0. The fourth-order valence-electron chi connectivity index (χ4n) is 8.49. The van der Waals surface area contributed by atoms with Gasteiger partial charge in [-0.05, 0) is 13.0 Å². The number of imidazole rings is 2. The molecule has 0 spiro atoms. The van der Waals surface area contributed by atoms with Crippen LogP contribution in [0.2, 0.25) is 0 Å². The van der Waals surface area contributed by atoms with Crippen LogP contribution < -0.4 is 74.0 Å². The number of aromatic amines is 2. The number of rotatable bonds is 16. The summed E-state index contributed by atoms with van der Waals surface area (Å²) >= 11 is 0. The maximum absolute atomic E-state index is 11.7. The Labute approximate surface area is 477 Å². The lowest BCUT2D eigenvalue weighted by molar-refractivity contribution is -0.345. The van der Waals surface area contributed by atoms with Crippen molar-refractivity contribution in [1.29, 1.82) is 0 Å². The summed E-state index contributed by atoms with van der Waals surface area (Å²) in [5.41, 5.74) is 15.4. The minimum Gasteiger partial charge on any atom is -0.790 e. The van der Waals surface area contributed by atoms with Crippen LogP contribution in [0.3, 0.4) is 0 Å². The first-order chi connectivity index (χ1) is 40.0. The van der Waals surface area contributed by atoms with Gasteiger partial charge in [0.1, 0.15) is 67.0 Å². The van der Waals surface area contributed by atoms with Gasteiger partial charge in [-0.1, -0.05) is 0 Å². The van der Waals surface area contributed by atoms with E-state index in [-0.39, 0.29) is 60.0 Å². The molecule has 13 atom stereocenters. The second-order valence-corrected chi connectivity index (χ2v) is 23.3. The summed E-state index contributed by atoms with van der Waals surface area (Å²) in [7, 11) is -20.3. The number of phosphoric acid groups is 4. The average molecular weight is 1300 g/mol. The maximum Gasteiger partial charge on any atom is 0.351 e. The van der Waals surface area contributed by atoms with E-state index in [0.717, 1.165) is 9.13 Å². The molecule has 4 fully saturated rings. The molecule has 0 bridgehead atoms. The van der Waals surface area contributed by atoms with E-state index in [9.17, 15) is 92.1 Å². The van der Waals surface area contributed by atoms with Gasteiger partial charge in [0, 0.05) is 43.6 Å². The molecule has 10 heterocycles. The summed E-state index contributed by atoms with van der Waals surface area (Å²) in [6.45, 7) is -0.854. The first-order valence-electron chi connectivity index (χ1n) is 24.4. The van der Waals surface area contributed by atoms with Crippen LogP contribution in [0.1, 0.15) is 56.2 Å². The van der Waals surface area contributed by atoms with Gasteiger partial charge >= 0.3 is 11.4 Å². The Bertz CT molecular complexity index is 3790. The number of phosphoric ester groups is 4. The van der Waals surface area contributed by atoms with Crippen molar-refractivity contribution in [3.05, 3.63) is 84.7 Å². The molecule has 6 aromatic heterocycles. The quantitative estimate of drug-likeness (QED) is 0.0402. The largest absolute Gasteiger partial charge is 0.790 e. The van der Waals surface area contributed by atoms with E-state index in [1.54, 1.807) is 4.57 Å². The molecule has 4 aliphatic heterocycles. The number of aromatic nitrogens is 12. The first kappa shape index (κ1) is 67.5. The molecule has 476 valence electrons. The van der Waals surface area contributed by atoms with Crippen LogP contribution in [-0.2, 0) is 55.3 Å². The number of H-pyrrole nitrogens is 2. The number of aryl methyl sites for hydroxylation is 1. The van der Waals surface area contributed by atoms with Crippen molar-refractivity contribution in [1.82, 2.24) is 58.1 Å². The molecule has 86 heavy (non-hydrogen) atoms. The number of nitrogens with zero attached hydrogens (tertiary/aromatic N) is 10. The van der Waals surface area contributed by atoms with Crippen LogP contribution in [0.5, 0.6) is 0 Å². The number of ether oxygens (including phenoxy) is 4. The topological polar surface area (TPSA) is 680 Å². The van der Waals surface area contributed by atoms with Gasteiger partial charge in [0.25, 0.3) is 18.9 Å². The fraction of sp³-hybridized carbons (Fsp3) is 0.538. The standard InChI is InChI=1S/C10H14N5O7P.C10H14N5O6P.C10H15N2O8P.C9H14N3O7P/c11-10-13-8-7(9(17)14-10)12-3-15(8)6-1-4(16)5(22-6)2-21-23(18,19)20;11-9-8-10(13-3-12-9)15(4-14-8)7-1-5(16)6(21-7)2-20-22(17,18)19;1-5-3-12(10(15)11-9(5)14)8-2-6(13)7(20-8)4-19-21(16,17)18;10-7-1-2-12(9(14)11-7)8-3-5(13)6(19-8)4-18-20(15,16)17/h3-6,16H,1-2H2,(H2,18,19,20)(H3,11,13,14,17);3-7,16H,1-2H2,(H2,11,12,13)(H2,17,18,19);3,6-8,13H,2,4H2,1H3,(H,11,14,15)(H2,16,17,18);1-2,5-6,8,13H,3-4H2,(H2,10,11,14)(H2,15,16,17)/p-7/t4-,5-,6-;5-,6-,7-;6-,7-,8-;5-,6-,8-/m1111/s1. The number of aliphatic hydroxyl groups excluding tert-OH is 4. The summed E-state index contributed by atoms with van der Waals surface area (Å²) in [5.74, 6) is 0.152. The molecule has 43 nitrogen and oxygen atoms in total. The van der Waals surface area contributed by atoms with Gasteiger partial charge in [-0.3, -0.25) is 42.4 Å². The lowest BCUT2D eigenvalue weighted by Crippen LogP contribution is -2.33.